The van der Waals surface area contributed by atoms with E-state index in [2.05, 4.69) is 5.32 Å². The number of nitrogens with one attached hydrogen (secondary N) is 1. The van der Waals surface area contributed by atoms with E-state index in [-0.39, 0.29) is 17.7 Å². The Kier molecular flexibility index (Phi) is 4.05. The van der Waals surface area contributed by atoms with Crippen molar-refractivity contribution in [3.05, 3.63) is 71.3 Å². The van der Waals surface area contributed by atoms with Gasteiger partial charge in [-0.15, -0.1) is 0 Å². The van der Waals surface area contributed by atoms with E-state index in [1.807, 2.05) is 13.0 Å². The monoisotopic (exact) mass is 247 g/mol. The number of hydrogen-bond acceptors (Lipinski definition) is 1. The molecule has 0 heterocycles. The van der Waals surface area contributed by atoms with Crippen molar-refractivity contribution < 1.29 is 8.78 Å². The summed E-state index contributed by atoms with van der Waals surface area (Å²) in [5.74, 6) is -0.472. The van der Waals surface area contributed by atoms with Crippen LogP contribution in [0, 0.1) is 11.6 Å². The fourth-order valence-electron chi connectivity index (χ4n) is 1.79. The molecule has 0 aromatic heterocycles. The smallest absolute Gasteiger partial charge is 0.123 e. The molecule has 0 saturated heterocycles. The first-order chi connectivity index (χ1) is 8.65. The van der Waals surface area contributed by atoms with Gasteiger partial charge in [-0.2, -0.15) is 0 Å². The Balaban J connectivity index is 1.96. The molecule has 0 aliphatic carbocycles. The van der Waals surface area contributed by atoms with Gasteiger partial charge in [0.05, 0.1) is 0 Å². The molecule has 0 aliphatic heterocycles. The molecule has 1 atom stereocenters. The van der Waals surface area contributed by atoms with Crippen molar-refractivity contribution in [2.75, 3.05) is 0 Å². The number of hydrogen-bond donors (Lipinski definition) is 1. The summed E-state index contributed by atoms with van der Waals surface area (Å²) in [6.07, 6.45) is 0. The molecule has 0 spiro atoms. The van der Waals surface area contributed by atoms with Crippen molar-refractivity contribution in [2.45, 2.75) is 19.5 Å². The van der Waals surface area contributed by atoms with Crippen molar-refractivity contribution in [3.63, 3.8) is 0 Å². The van der Waals surface area contributed by atoms with Crippen LogP contribution in [0.4, 0.5) is 8.78 Å². The number of halogens is 2. The van der Waals surface area contributed by atoms with Gasteiger partial charge in [0.2, 0.25) is 0 Å². The molecule has 94 valence electrons. The molecule has 0 aliphatic rings. The fourth-order valence-corrected chi connectivity index (χ4v) is 1.79. The zero-order chi connectivity index (χ0) is 13.0. The van der Waals surface area contributed by atoms with Crippen molar-refractivity contribution in [1.82, 2.24) is 5.32 Å². The minimum atomic E-state index is -0.240. The Bertz CT molecular complexity index is 508. The molecule has 1 nitrogen and oxygen atoms in total. The van der Waals surface area contributed by atoms with Crippen LogP contribution in [0.2, 0.25) is 0 Å². The fraction of sp³-hybridized carbons (Fsp3) is 0.200. The zero-order valence-corrected chi connectivity index (χ0v) is 10.2. The van der Waals surface area contributed by atoms with Gasteiger partial charge in [0, 0.05) is 12.6 Å². The Labute approximate surface area is 105 Å². The third-order valence-electron chi connectivity index (χ3n) is 2.87. The first-order valence-electron chi connectivity index (χ1n) is 5.88. The lowest BCUT2D eigenvalue weighted by Gasteiger charge is -2.14. The van der Waals surface area contributed by atoms with Crippen LogP contribution < -0.4 is 5.32 Å². The summed E-state index contributed by atoms with van der Waals surface area (Å²) >= 11 is 0. The van der Waals surface area contributed by atoms with E-state index >= 15 is 0 Å². The first kappa shape index (κ1) is 12.7. The summed E-state index contributed by atoms with van der Waals surface area (Å²) in [6.45, 7) is 2.57. The van der Waals surface area contributed by atoms with E-state index < -0.39 is 0 Å². The third-order valence-corrected chi connectivity index (χ3v) is 2.87. The Morgan fingerprint density at radius 2 is 1.72 bits per heavy atom. The maximum absolute atomic E-state index is 13.0. The van der Waals surface area contributed by atoms with Crippen molar-refractivity contribution in [2.24, 2.45) is 0 Å². The van der Waals surface area contributed by atoms with Crippen LogP contribution in [-0.4, -0.2) is 0 Å². The maximum atomic E-state index is 13.0. The highest BCUT2D eigenvalue weighted by atomic mass is 19.1. The molecule has 2 aromatic rings. The van der Waals surface area contributed by atoms with Gasteiger partial charge < -0.3 is 5.32 Å². The van der Waals surface area contributed by atoms with E-state index in [9.17, 15) is 8.78 Å². The topological polar surface area (TPSA) is 12.0 Å². The highest BCUT2D eigenvalue weighted by molar-refractivity contribution is 5.20. The van der Waals surface area contributed by atoms with Crippen LogP contribution in [0.15, 0.2) is 48.5 Å². The number of rotatable bonds is 4. The third kappa shape index (κ3) is 3.37. The minimum absolute atomic E-state index is 0.0915. The van der Waals surface area contributed by atoms with E-state index in [4.69, 9.17) is 0 Å². The molecule has 2 aromatic carbocycles. The molecule has 0 unspecified atom stereocenters. The molecule has 0 radical (unpaired) electrons. The van der Waals surface area contributed by atoms with Crippen LogP contribution in [0.3, 0.4) is 0 Å². The van der Waals surface area contributed by atoms with E-state index in [1.165, 1.54) is 24.3 Å². The lowest BCUT2D eigenvalue weighted by molar-refractivity contribution is 0.566. The largest absolute Gasteiger partial charge is 0.306 e. The Hall–Kier alpha value is -1.74. The Morgan fingerprint density at radius 1 is 1.00 bits per heavy atom. The van der Waals surface area contributed by atoms with E-state index in [0.717, 1.165) is 11.1 Å². The second kappa shape index (κ2) is 5.74. The van der Waals surface area contributed by atoms with Gasteiger partial charge in [-0.1, -0.05) is 24.3 Å². The van der Waals surface area contributed by atoms with Crippen LogP contribution in [0.1, 0.15) is 24.1 Å². The predicted octanol–water partition coefficient (Wildman–Crippen LogP) is 3.82. The van der Waals surface area contributed by atoms with E-state index in [0.29, 0.717) is 6.54 Å². The van der Waals surface area contributed by atoms with Crippen molar-refractivity contribution in [3.8, 4) is 0 Å². The van der Waals surface area contributed by atoms with Gasteiger partial charge in [-0.25, -0.2) is 8.78 Å². The molecule has 0 saturated carbocycles. The van der Waals surface area contributed by atoms with Crippen molar-refractivity contribution >= 4 is 0 Å². The zero-order valence-electron chi connectivity index (χ0n) is 10.2. The molecule has 2 rings (SSSR count). The predicted molar refractivity (Wildman–Crippen MR) is 68.1 cm³/mol. The number of benzene rings is 2. The van der Waals surface area contributed by atoms with Gasteiger partial charge in [0.25, 0.3) is 0 Å². The highest BCUT2D eigenvalue weighted by Crippen LogP contribution is 2.14. The van der Waals surface area contributed by atoms with Crippen LogP contribution in [-0.2, 0) is 6.54 Å². The highest BCUT2D eigenvalue weighted by Gasteiger charge is 2.05. The molecule has 0 amide bonds. The lowest BCUT2D eigenvalue weighted by atomic mass is 10.1. The summed E-state index contributed by atoms with van der Waals surface area (Å²) in [5.41, 5.74) is 1.90. The van der Waals surface area contributed by atoms with Gasteiger partial charge in [-0.3, -0.25) is 0 Å². The van der Waals surface area contributed by atoms with E-state index in [1.54, 1.807) is 18.2 Å². The van der Waals surface area contributed by atoms with Gasteiger partial charge in [-0.05, 0) is 42.3 Å². The molecular weight excluding hydrogens is 232 g/mol. The normalized spacial score (nSPS) is 12.4. The summed E-state index contributed by atoms with van der Waals surface area (Å²) in [5, 5.41) is 3.27. The summed E-state index contributed by atoms with van der Waals surface area (Å²) in [4.78, 5) is 0. The van der Waals surface area contributed by atoms with Crippen LogP contribution in [0.25, 0.3) is 0 Å². The minimum Gasteiger partial charge on any atom is -0.306 e. The standard InChI is InChI=1S/C15H15F2N/c1-11(13-5-7-14(16)8-6-13)18-10-12-3-2-4-15(17)9-12/h2-9,11,18H,10H2,1H3/t11-/m0/s1. The SMILES string of the molecule is C[C@H](NCc1cccc(F)c1)c1ccc(F)cc1. The molecular formula is C15H15F2N. The molecule has 3 heteroatoms. The average molecular weight is 247 g/mol. The van der Waals surface area contributed by atoms with Crippen LogP contribution >= 0.6 is 0 Å². The average Bonchev–Trinajstić information content (AvgIpc) is 2.37. The molecule has 0 fully saturated rings. The summed E-state index contributed by atoms with van der Waals surface area (Å²) in [6, 6.07) is 13.0. The molecule has 18 heavy (non-hydrogen) atoms. The maximum Gasteiger partial charge on any atom is 0.123 e. The Morgan fingerprint density at radius 3 is 2.39 bits per heavy atom. The summed E-state index contributed by atoms with van der Waals surface area (Å²) < 4.78 is 25.8. The van der Waals surface area contributed by atoms with Gasteiger partial charge in [0.15, 0.2) is 0 Å². The second-order valence-electron chi connectivity index (χ2n) is 4.28. The first-order valence-corrected chi connectivity index (χ1v) is 5.88. The lowest BCUT2D eigenvalue weighted by Crippen LogP contribution is -2.18. The quantitative estimate of drug-likeness (QED) is 0.866. The molecule has 0 bridgehead atoms. The second-order valence-corrected chi connectivity index (χ2v) is 4.28. The summed E-state index contributed by atoms with van der Waals surface area (Å²) in [7, 11) is 0. The van der Waals surface area contributed by atoms with Crippen LogP contribution in [0.5, 0.6) is 0 Å². The van der Waals surface area contributed by atoms with Crippen molar-refractivity contribution in [1.29, 1.82) is 0 Å². The molecule has 1 N–H and O–H groups in total. The van der Waals surface area contributed by atoms with Gasteiger partial charge in [0.1, 0.15) is 11.6 Å². The van der Waals surface area contributed by atoms with Gasteiger partial charge >= 0.3 is 0 Å².